The summed E-state index contributed by atoms with van der Waals surface area (Å²) in [6, 6.07) is 13.9. The number of aromatic amines is 1. The van der Waals surface area contributed by atoms with Crippen LogP contribution in [0.2, 0.25) is 0 Å². The number of hydrogen-bond donors (Lipinski definition) is 5. The Bertz CT molecular complexity index is 1370. The standard InChI is InChI=1S/C29H38N6O2/c1-4-5-12-26(35-17(2)8-6-9-18(35)3)24-14-21(28(32)34-37)15-25-23(24)16-22(29(36)33-25)19-10-7-11-20(13-19)27(30)31/h7,10-11,13-18,26,37H,4-6,8-9,12H2,1-3H3,(H3,30,31)(H2,32,34)(H,33,36). The zero-order valence-corrected chi connectivity index (χ0v) is 21.9. The number of rotatable bonds is 8. The van der Waals surface area contributed by atoms with Gasteiger partial charge in [0.15, 0.2) is 5.84 Å². The van der Waals surface area contributed by atoms with E-state index in [4.69, 9.17) is 16.9 Å². The number of piperidine rings is 1. The summed E-state index contributed by atoms with van der Waals surface area (Å²) in [7, 11) is 0. The van der Waals surface area contributed by atoms with Gasteiger partial charge in [-0.05, 0) is 68.5 Å². The number of likely N-dealkylation sites (tertiary alicyclic amines) is 1. The third-order valence-corrected chi connectivity index (χ3v) is 7.69. The maximum absolute atomic E-state index is 13.3. The van der Waals surface area contributed by atoms with Crippen molar-refractivity contribution >= 4 is 22.6 Å². The average molecular weight is 503 g/mol. The molecule has 0 spiro atoms. The minimum Gasteiger partial charge on any atom is -0.409 e. The minimum atomic E-state index is -0.249. The first-order chi connectivity index (χ1) is 17.7. The molecule has 1 aliphatic heterocycles. The van der Waals surface area contributed by atoms with Gasteiger partial charge >= 0.3 is 0 Å². The highest BCUT2D eigenvalue weighted by Gasteiger charge is 2.33. The van der Waals surface area contributed by atoms with Crippen LogP contribution in [-0.2, 0) is 0 Å². The Morgan fingerprint density at radius 3 is 2.54 bits per heavy atom. The average Bonchev–Trinajstić information content (AvgIpc) is 2.88. The third kappa shape index (κ3) is 5.39. The van der Waals surface area contributed by atoms with Crippen LogP contribution in [0.1, 0.15) is 82.0 Å². The number of nitrogens with two attached hydrogens (primary N) is 2. The van der Waals surface area contributed by atoms with Gasteiger partial charge in [-0.15, -0.1) is 0 Å². The molecule has 3 atom stereocenters. The van der Waals surface area contributed by atoms with E-state index in [1.807, 2.05) is 18.2 Å². The second kappa shape index (κ2) is 11.2. The molecule has 8 nitrogen and oxygen atoms in total. The molecule has 0 aliphatic carbocycles. The number of nitrogen functional groups attached to an aromatic ring is 1. The Morgan fingerprint density at radius 2 is 1.89 bits per heavy atom. The number of benzene rings is 2. The summed E-state index contributed by atoms with van der Waals surface area (Å²) in [4.78, 5) is 18.9. The highest BCUT2D eigenvalue weighted by molar-refractivity contribution is 6.01. The molecule has 0 bridgehead atoms. The topological polar surface area (TPSA) is 145 Å². The fourth-order valence-electron chi connectivity index (χ4n) is 5.81. The fourth-order valence-corrected chi connectivity index (χ4v) is 5.81. The summed E-state index contributed by atoms with van der Waals surface area (Å²) in [6.45, 7) is 6.79. The molecular weight excluding hydrogens is 464 g/mol. The van der Waals surface area contributed by atoms with Crippen molar-refractivity contribution in [2.75, 3.05) is 0 Å². The van der Waals surface area contributed by atoms with Crippen LogP contribution in [-0.4, -0.2) is 38.8 Å². The van der Waals surface area contributed by atoms with Crippen LogP contribution in [0.15, 0.2) is 52.4 Å². The Kier molecular flexibility index (Phi) is 7.97. The van der Waals surface area contributed by atoms with Gasteiger partial charge in [-0.3, -0.25) is 15.1 Å². The molecule has 1 saturated heterocycles. The van der Waals surface area contributed by atoms with Crippen molar-refractivity contribution in [3.63, 3.8) is 0 Å². The second-order valence-corrected chi connectivity index (χ2v) is 10.3. The minimum absolute atomic E-state index is 0.0104. The first kappa shape index (κ1) is 26.4. The van der Waals surface area contributed by atoms with Crippen LogP contribution in [0.25, 0.3) is 22.0 Å². The number of nitrogens with zero attached hydrogens (tertiary/aromatic N) is 2. The smallest absolute Gasteiger partial charge is 0.256 e. The van der Waals surface area contributed by atoms with Gasteiger partial charge in [-0.2, -0.15) is 0 Å². The summed E-state index contributed by atoms with van der Waals surface area (Å²) >= 11 is 0. The molecule has 8 heteroatoms. The number of oxime groups is 1. The van der Waals surface area contributed by atoms with Crippen molar-refractivity contribution in [2.45, 2.75) is 77.4 Å². The highest BCUT2D eigenvalue weighted by atomic mass is 16.4. The molecule has 1 fully saturated rings. The van der Waals surface area contributed by atoms with Crippen LogP contribution in [0.3, 0.4) is 0 Å². The van der Waals surface area contributed by atoms with Crippen molar-refractivity contribution in [1.82, 2.24) is 9.88 Å². The van der Waals surface area contributed by atoms with Gasteiger partial charge in [0.1, 0.15) is 5.84 Å². The van der Waals surface area contributed by atoms with Gasteiger partial charge in [0.2, 0.25) is 0 Å². The maximum Gasteiger partial charge on any atom is 0.256 e. The molecule has 7 N–H and O–H groups in total. The quantitative estimate of drug-likeness (QED) is 0.126. The van der Waals surface area contributed by atoms with E-state index < -0.39 is 0 Å². The normalized spacial score (nSPS) is 19.7. The Balaban J connectivity index is 1.99. The molecule has 0 amide bonds. The molecule has 2 aromatic carbocycles. The van der Waals surface area contributed by atoms with Gasteiger partial charge in [0.05, 0.1) is 0 Å². The Labute approximate surface area is 217 Å². The molecule has 0 radical (unpaired) electrons. The SMILES string of the molecule is CCCCC(c1cc(/C(N)=N\O)cc2[nH]c(=O)c(-c3cccc(C(=N)N)c3)cc12)N1C(C)CCCC1C. The van der Waals surface area contributed by atoms with Crippen LogP contribution in [0.4, 0.5) is 0 Å². The van der Waals surface area contributed by atoms with Gasteiger partial charge in [0, 0.05) is 45.7 Å². The first-order valence-corrected chi connectivity index (χ1v) is 13.2. The number of nitrogens with one attached hydrogen (secondary N) is 2. The molecule has 37 heavy (non-hydrogen) atoms. The summed E-state index contributed by atoms with van der Waals surface area (Å²) in [5.41, 5.74) is 15.6. The van der Waals surface area contributed by atoms with Gasteiger partial charge < -0.3 is 21.7 Å². The van der Waals surface area contributed by atoms with Crippen molar-refractivity contribution < 1.29 is 5.21 Å². The monoisotopic (exact) mass is 502 g/mol. The molecule has 1 aliphatic rings. The van der Waals surface area contributed by atoms with E-state index >= 15 is 0 Å². The number of pyridine rings is 1. The molecular formula is C29H38N6O2. The van der Waals surface area contributed by atoms with Crippen LogP contribution < -0.4 is 17.0 Å². The van der Waals surface area contributed by atoms with E-state index in [0.717, 1.165) is 43.1 Å². The molecule has 0 saturated carbocycles. The number of hydrogen-bond acceptors (Lipinski definition) is 5. The number of aromatic nitrogens is 1. The number of unbranched alkanes of at least 4 members (excludes halogenated alkanes) is 1. The third-order valence-electron chi connectivity index (χ3n) is 7.69. The van der Waals surface area contributed by atoms with Crippen molar-refractivity contribution in [2.24, 2.45) is 16.6 Å². The number of fused-ring (bicyclic) bond motifs is 1. The van der Waals surface area contributed by atoms with E-state index in [-0.39, 0.29) is 23.3 Å². The van der Waals surface area contributed by atoms with Crippen molar-refractivity contribution in [1.29, 1.82) is 5.41 Å². The number of amidine groups is 2. The summed E-state index contributed by atoms with van der Waals surface area (Å²) in [5, 5.41) is 21.4. The summed E-state index contributed by atoms with van der Waals surface area (Å²) < 4.78 is 0. The van der Waals surface area contributed by atoms with Crippen molar-refractivity contribution in [3.8, 4) is 11.1 Å². The zero-order valence-electron chi connectivity index (χ0n) is 21.9. The Hall–Kier alpha value is -3.65. The maximum atomic E-state index is 13.3. The lowest BCUT2D eigenvalue weighted by atomic mass is 9.87. The van der Waals surface area contributed by atoms with E-state index in [0.29, 0.717) is 39.9 Å². The zero-order chi connectivity index (χ0) is 26.7. The molecule has 3 aromatic rings. The number of H-pyrrole nitrogens is 1. The predicted molar refractivity (Wildman–Crippen MR) is 150 cm³/mol. The van der Waals surface area contributed by atoms with Crippen LogP contribution >= 0.6 is 0 Å². The van der Waals surface area contributed by atoms with E-state index in [2.05, 4.69) is 35.8 Å². The van der Waals surface area contributed by atoms with Gasteiger partial charge in [-0.25, -0.2) is 0 Å². The lowest BCUT2D eigenvalue weighted by Gasteiger charge is -2.45. The molecule has 1 aromatic heterocycles. The van der Waals surface area contributed by atoms with Crippen molar-refractivity contribution in [3.05, 3.63) is 69.5 Å². The second-order valence-electron chi connectivity index (χ2n) is 10.3. The van der Waals surface area contributed by atoms with Crippen LogP contribution in [0, 0.1) is 5.41 Å². The molecule has 3 unspecified atom stereocenters. The lowest BCUT2D eigenvalue weighted by Crippen LogP contribution is -2.46. The molecule has 4 rings (SSSR count). The van der Waals surface area contributed by atoms with Crippen LogP contribution in [0.5, 0.6) is 0 Å². The largest absolute Gasteiger partial charge is 0.409 e. The fraction of sp³-hybridized carbons (Fsp3) is 0.414. The van der Waals surface area contributed by atoms with E-state index in [1.165, 1.54) is 6.42 Å². The van der Waals surface area contributed by atoms with E-state index in [9.17, 15) is 10.0 Å². The first-order valence-electron chi connectivity index (χ1n) is 13.2. The summed E-state index contributed by atoms with van der Waals surface area (Å²) in [6.07, 6.45) is 6.61. The van der Waals surface area contributed by atoms with Gasteiger partial charge in [0.25, 0.3) is 5.56 Å². The molecule has 2 heterocycles. The highest BCUT2D eigenvalue weighted by Crippen LogP contribution is 2.39. The predicted octanol–water partition coefficient (Wildman–Crippen LogP) is 5.07. The Morgan fingerprint density at radius 1 is 1.16 bits per heavy atom. The summed E-state index contributed by atoms with van der Waals surface area (Å²) in [5.74, 6) is -0.0351. The lowest BCUT2D eigenvalue weighted by molar-refractivity contribution is 0.0496. The van der Waals surface area contributed by atoms with Gasteiger partial charge in [-0.1, -0.05) is 49.5 Å². The molecule has 196 valence electrons. The van der Waals surface area contributed by atoms with E-state index in [1.54, 1.807) is 24.3 Å².